The summed E-state index contributed by atoms with van der Waals surface area (Å²) in [6, 6.07) is 10.7. The second kappa shape index (κ2) is 8.07. The molecule has 1 aromatic carbocycles. The van der Waals surface area contributed by atoms with Crippen LogP contribution in [0.25, 0.3) is 0 Å². The molecular weight excluding hydrogens is 328 g/mol. The Kier molecular flexibility index (Phi) is 5.57. The number of hydrogen-bond acceptors (Lipinski definition) is 4. The number of carbonyl (C=O) groups is 1. The summed E-state index contributed by atoms with van der Waals surface area (Å²) in [7, 11) is 0. The number of likely N-dealkylation sites (tertiary alicyclic amines) is 2. The summed E-state index contributed by atoms with van der Waals surface area (Å²) in [5, 5.41) is 0. The minimum absolute atomic E-state index is 0.285. The van der Waals surface area contributed by atoms with E-state index in [1.165, 1.54) is 5.56 Å². The van der Waals surface area contributed by atoms with E-state index in [-0.39, 0.29) is 11.7 Å². The van der Waals surface area contributed by atoms with Gasteiger partial charge in [0.2, 0.25) is 5.91 Å². The van der Waals surface area contributed by atoms with Crippen LogP contribution in [0, 0.1) is 5.92 Å². The van der Waals surface area contributed by atoms with Crippen LogP contribution >= 0.6 is 0 Å². The van der Waals surface area contributed by atoms with Crippen LogP contribution < -0.4 is 0 Å². The quantitative estimate of drug-likeness (QED) is 0.828. The number of benzene rings is 1. The van der Waals surface area contributed by atoms with Crippen molar-refractivity contribution in [3.05, 3.63) is 35.9 Å². The van der Waals surface area contributed by atoms with Gasteiger partial charge < -0.3 is 14.4 Å². The maximum absolute atomic E-state index is 12.7. The molecule has 3 heterocycles. The summed E-state index contributed by atoms with van der Waals surface area (Å²) in [5.74, 6) is 0.635. The molecule has 142 valence electrons. The highest BCUT2D eigenvalue weighted by atomic mass is 16.7. The fourth-order valence-electron chi connectivity index (χ4n) is 4.46. The SMILES string of the molecule is O=C(CN1CCC2(CC1)OCCO2)N1CCC(Cc2ccccc2)CC1. The van der Waals surface area contributed by atoms with E-state index < -0.39 is 0 Å². The van der Waals surface area contributed by atoms with Gasteiger partial charge in [-0.1, -0.05) is 30.3 Å². The molecule has 0 radical (unpaired) electrons. The van der Waals surface area contributed by atoms with Gasteiger partial charge in [-0.25, -0.2) is 0 Å². The average Bonchev–Trinajstić information content (AvgIpc) is 3.13. The topological polar surface area (TPSA) is 42.0 Å². The monoisotopic (exact) mass is 358 g/mol. The molecule has 0 unspecified atom stereocenters. The van der Waals surface area contributed by atoms with Crippen molar-refractivity contribution in [3.63, 3.8) is 0 Å². The Labute approximate surface area is 156 Å². The molecule has 3 saturated heterocycles. The molecule has 0 aliphatic carbocycles. The van der Waals surface area contributed by atoms with Crippen molar-refractivity contribution >= 4 is 5.91 Å². The van der Waals surface area contributed by atoms with Gasteiger partial charge in [-0.05, 0) is 30.7 Å². The first-order chi connectivity index (χ1) is 12.7. The minimum atomic E-state index is -0.352. The van der Waals surface area contributed by atoms with Crippen molar-refractivity contribution in [3.8, 4) is 0 Å². The molecule has 3 aliphatic rings. The molecule has 1 amide bonds. The summed E-state index contributed by atoms with van der Waals surface area (Å²) in [6.07, 6.45) is 5.12. The van der Waals surface area contributed by atoms with E-state index >= 15 is 0 Å². The van der Waals surface area contributed by atoms with Crippen LogP contribution in [-0.4, -0.2) is 67.4 Å². The van der Waals surface area contributed by atoms with Gasteiger partial charge in [-0.3, -0.25) is 9.69 Å². The molecule has 5 heteroatoms. The predicted octanol–water partition coefficient (Wildman–Crippen LogP) is 2.31. The van der Waals surface area contributed by atoms with Crippen LogP contribution in [0.1, 0.15) is 31.2 Å². The average molecular weight is 358 g/mol. The van der Waals surface area contributed by atoms with Crippen LogP contribution in [0.4, 0.5) is 0 Å². The molecule has 5 nitrogen and oxygen atoms in total. The van der Waals surface area contributed by atoms with Gasteiger partial charge in [-0.2, -0.15) is 0 Å². The van der Waals surface area contributed by atoms with Crippen LogP contribution in [0.2, 0.25) is 0 Å². The molecule has 3 aliphatic heterocycles. The van der Waals surface area contributed by atoms with Gasteiger partial charge in [0.15, 0.2) is 5.79 Å². The number of amides is 1. The zero-order chi connectivity index (χ0) is 17.8. The summed E-state index contributed by atoms with van der Waals surface area (Å²) >= 11 is 0. The Bertz CT molecular complexity index is 583. The van der Waals surface area contributed by atoms with E-state index in [2.05, 4.69) is 40.1 Å². The number of carbonyl (C=O) groups excluding carboxylic acids is 1. The lowest BCUT2D eigenvalue weighted by Gasteiger charge is -2.38. The van der Waals surface area contributed by atoms with Crippen LogP contribution in [0.15, 0.2) is 30.3 Å². The van der Waals surface area contributed by atoms with Gasteiger partial charge >= 0.3 is 0 Å². The fraction of sp³-hybridized carbons (Fsp3) is 0.667. The molecule has 3 fully saturated rings. The third-order valence-electron chi connectivity index (χ3n) is 6.12. The van der Waals surface area contributed by atoms with E-state index in [0.29, 0.717) is 25.7 Å². The Morgan fingerprint density at radius 2 is 1.65 bits per heavy atom. The van der Waals surface area contributed by atoms with E-state index in [0.717, 1.165) is 58.3 Å². The Balaban J connectivity index is 1.19. The van der Waals surface area contributed by atoms with E-state index in [1.54, 1.807) is 0 Å². The normalized spacial score (nSPS) is 24.2. The van der Waals surface area contributed by atoms with Crippen molar-refractivity contribution in [1.29, 1.82) is 0 Å². The van der Waals surface area contributed by atoms with E-state index in [9.17, 15) is 4.79 Å². The lowest BCUT2D eigenvalue weighted by Crippen LogP contribution is -2.49. The number of ether oxygens (including phenoxy) is 2. The molecule has 0 N–H and O–H groups in total. The first-order valence-electron chi connectivity index (χ1n) is 10.0. The van der Waals surface area contributed by atoms with Gasteiger partial charge in [0.05, 0.1) is 19.8 Å². The Hall–Kier alpha value is -1.43. The maximum Gasteiger partial charge on any atom is 0.236 e. The predicted molar refractivity (Wildman–Crippen MR) is 99.8 cm³/mol. The number of hydrogen-bond donors (Lipinski definition) is 0. The summed E-state index contributed by atoms with van der Waals surface area (Å²) in [5.41, 5.74) is 1.41. The van der Waals surface area contributed by atoms with Crippen molar-refractivity contribution < 1.29 is 14.3 Å². The summed E-state index contributed by atoms with van der Waals surface area (Å²) in [4.78, 5) is 17.0. The third kappa shape index (κ3) is 4.27. The van der Waals surface area contributed by atoms with Crippen molar-refractivity contribution in [2.75, 3.05) is 45.9 Å². The highest BCUT2D eigenvalue weighted by Gasteiger charge is 2.40. The molecule has 1 spiro atoms. The first kappa shape index (κ1) is 18.0. The Morgan fingerprint density at radius 3 is 2.31 bits per heavy atom. The fourth-order valence-corrected chi connectivity index (χ4v) is 4.46. The lowest BCUT2D eigenvalue weighted by molar-refractivity contribution is -0.186. The molecule has 0 aromatic heterocycles. The number of piperidine rings is 2. The minimum Gasteiger partial charge on any atom is -0.347 e. The lowest BCUT2D eigenvalue weighted by atomic mass is 9.90. The highest BCUT2D eigenvalue weighted by molar-refractivity contribution is 5.78. The summed E-state index contributed by atoms with van der Waals surface area (Å²) in [6.45, 7) is 5.53. The van der Waals surface area contributed by atoms with Crippen LogP contribution in [-0.2, 0) is 20.7 Å². The second-order valence-electron chi connectivity index (χ2n) is 7.90. The van der Waals surface area contributed by atoms with Gasteiger partial charge in [0, 0.05) is 39.0 Å². The zero-order valence-electron chi connectivity index (χ0n) is 15.6. The first-order valence-corrected chi connectivity index (χ1v) is 10.0. The van der Waals surface area contributed by atoms with E-state index in [1.807, 2.05) is 0 Å². The van der Waals surface area contributed by atoms with Gasteiger partial charge in [0.1, 0.15) is 0 Å². The zero-order valence-corrected chi connectivity index (χ0v) is 15.6. The van der Waals surface area contributed by atoms with Crippen LogP contribution in [0.3, 0.4) is 0 Å². The largest absolute Gasteiger partial charge is 0.347 e. The molecule has 1 aromatic rings. The van der Waals surface area contributed by atoms with Gasteiger partial charge in [-0.15, -0.1) is 0 Å². The van der Waals surface area contributed by atoms with Gasteiger partial charge in [0.25, 0.3) is 0 Å². The third-order valence-corrected chi connectivity index (χ3v) is 6.12. The van der Waals surface area contributed by atoms with E-state index in [4.69, 9.17) is 9.47 Å². The Morgan fingerprint density at radius 1 is 1.00 bits per heavy atom. The summed E-state index contributed by atoms with van der Waals surface area (Å²) < 4.78 is 11.5. The smallest absolute Gasteiger partial charge is 0.236 e. The van der Waals surface area contributed by atoms with Crippen molar-refractivity contribution in [1.82, 2.24) is 9.80 Å². The maximum atomic E-state index is 12.7. The number of rotatable bonds is 4. The van der Waals surface area contributed by atoms with Crippen molar-refractivity contribution in [2.45, 2.75) is 37.9 Å². The highest BCUT2D eigenvalue weighted by Crippen LogP contribution is 2.31. The molecule has 0 bridgehead atoms. The number of nitrogens with zero attached hydrogens (tertiary/aromatic N) is 2. The molecule has 0 saturated carbocycles. The second-order valence-corrected chi connectivity index (χ2v) is 7.90. The molecule has 0 atom stereocenters. The standard InChI is InChI=1S/C21H30N2O3/c24-20(17-22-12-8-21(9-13-22)25-14-15-26-21)23-10-6-19(7-11-23)16-18-4-2-1-3-5-18/h1-5,19H,6-17H2. The van der Waals surface area contributed by atoms with Crippen molar-refractivity contribution in [2.24, 2.45) is 5.92 Å². The molecular formula is C21H30N2O3. The van der Waals surface area contributed by atoms with Crippen LogP contribution in [0.5, 0.6) is 0 Å². The molecule has 4 rings (SSSR count). The molecule has 26 heavy (non-hydrogen) atoms.